The zero-order valence-corrected chi connectivity index (χ0v) is 38.6. The summed E-state index contributed by atoms with van der Waals surface area (Å²) in [6.45, 7) is 10.6. The summed E-state index contributed by atoms with van der Waals surface area (Å²) in [5, 5.41) is 1.99. The zero-order valence-electron chi connectivity index (χ0n) is 36.4. The number of aromatic nitrogens is 5. The monoisotopic (exact) mass is 1020 g/mol. The molecule has 9 heteroatoms. The molecule has 0 unspecified atom stereocenters. The van der Waals surface area contributed by atoms with Crippen molar-refractivity contribution >= 4 is 50.6 Å². The van der Waals surface area contributed by atoms with E-state index in [0.29, 0.717) is 34.5 Å². The van der Waals surface area contributed by atoms with Crippen molar-refractivity contribution in [3.8, 4) is 51.5 Å². The maximum absolute atomic E-state index is 7.01. The first-order valence-electron chi connectivity index (χ1n) is 21.3. The van der Waals surface area contributed by atoms with E-state index in [1.54, 1.807) is 6.20 Å². The van der Waals surface area contributed by atoms with E-state index >= 15 is 0 Å². The van der Waals surface area contributed by atoms with Crippen LogP contribution in [0.5, 0.6) is 11.5 Å². The Morgan fingerprint density at radius 2 is 1.18 bits per heavy atom. The minimum Gasteiger partial charge on any atom is -0.508 e. The van der Waals surface area contributed by atoms with Crippen LogP contribution < -0.4 is 13.9 Å². The van der Waals surface area contributed by atoms with Crippen LogP contribution in [0.4, 0.5) is 22.7 Å². The van der Waals surface area contributed by atoms with Crippen molar-refractivity contribution in [3.05, 3.63) is 198 Å². The van der Waals surface area contributed by atoms with Crippen molar-refractivity contribution in [2.45, 2.75) is 34.6 Å². The second kappa shape index (κ2) is 16.8. The molecular formula is C56H41N7OPt+2. The van der Waals surface area contributed by atoms with Crippen LogP contribution in [-0.2, 0) is 21.1 Å². The second-order valence-corrected chi connectivity index (χ2v) is 16.3. The van der Waals surface area contributed by atoms with Gasteiger partial charge in [-0.1, -0.05) is 118 Å². The minimum absolute atomic E-state index is 0. The standard InChI is InChI=1S/C56H41N7O.Pt/c1-35-20-24-40(25-21-35)54-58-55(41-26-22-36(2)23-27-41)60-56(59-54)47-32-46-45-15-6-7-16-48(45)63(53-19-10-11-28-57-53)51(46)33-52(47)64-44-14-12-13-42(31-44)61-34-62(50-18-9-8-17-49(50)61)43-29-37(3)39(5)38(4)30-43;/h6-30,32H,1-5H3;/q;+2. The van der Waals surface area contributed by atoms with Gasteiger partial charge in [-0.05, 0) is 85.0 Å². The number of rotatable bonds is 8. The molecule has 8 nitrogen and oxygen atoms in total. The zero-order chi connectivity index (χ0) is 43.5. The van der Waals surface area contributed by atoms with Gasteiger partial charge in [0.2, 0.25) is 5.69 Å². The fourth-order valence-electron chi connectivity index (χ4n) is 8.36. The normalized spacial score (nSPS) is 11.9. The minimum atomic E-state index is 0. The number of hydrogen-bond donors (Lipinski definition) is 0. The Balaban J connectivity index is 0.00000498. The first-order chi connectivity index (χ1) is 31.3. The Kier molecular flexibility index (Phi) is 10.7. The van der Waals surface area contributed by atoms with Gasteiger partial charge in [-0.15, -0.1) is 23.6 Å². The van der Waals surface area contributed by atoms with Gasteiger partial charge in [0.05, 0.1) is 0 Å². The van der Waals surface area contributed by atoms with Crippen LogP contribution in [0.15, 0.2) is 158 Å². The van der Waals surface area contributed by atoms with Gasteiger partial charge in [0.1, 0.15) is 17.3 Å². The number of ether oxygens (including phenoxy) is 1. The summed E-state index contributed by atoms with van der Waals surface area (Å²) in [7, 11) is 0. The number of pyridine rings is 1. The van der Waals surface area contributed by atoms with Gasteiger partial charge >= 0.3 is 27.1 Å². The molecule has 0 fully saturated rings. The third kappa shape index (κ3) is 7.57. The number of hydrogen-bond acceptors (Lipinski definition) is 5. The Morgan fingerprint density at radius 1 is 0.569 bits per heavy atom. The van der Waals surface area contributed by atoms with Gasteiger partial charge < -0.3 is 9.30 Å². The van der Waals surface area contributed by atoms with Gasteiger partial charge in [0, 0.05) is 58.6 Å². The van der Waals surface area contributed by atoms with E-state index in [2.05, 4.69) is 141 Å². The Bertz CT molecular complexity index is 3470. The molecule has 10 aromatic rings. The number of fused-ring (bicyclic) bond motifs is 4. The molecule has 4 heterocycles. The largest absolute Gasteiger partial charge is 2.00 e. The van der Waals surface area contributed by atoms with E-state index in [-0.39, 0.29) is 21.1 Å². The van der Waals surface area contributed by atoms with E-state index in [0.717, 1.165) is 72.6 Å². The van der Waals surface area contributed by atoms with E-state index in [4.69, 9.17) is 24.7 Å². The summed E-state index contributed by atoms with van der Waals surface area (Å²) in [4.78, 5) is 20.2. The summed E-state index contributed by atoms with van der Waals surface area (Å²) >= 11 is 0. The molecule has 0 amide bonds. The Labute approximate surface area is 391 Å². The maximum Gasteiger partial charge on any atom is 2.00 e. The molecular weight excluding hydrogens is 982 g/mol. The molecule has 0 saturated heterocycles. The molecule has 1 aliphatic rings. The Hall–Kier alpha value is -7.63. The predicted octanol–water partition coefficient (Wildman–Crippen LogP) is 13.2. The first kappa shape index (κ1) is 41.4. The van der Waals surface area contributed by atoms with E-state index in [9.17, 15) is 0 Å². The van der Waals surface area contributed by atoms with Gasteiger partial charge in [-0.2, -0.15) is 6.07 Å². The molecule has 0 spiro atoms. The van der Waals surface area contributed by atoms with Gasteiger partial charge in [0.25, 0.3) is 11.4 Å². The molecule has 7 aromatic carbocycles. The molecule has 0 atom stereocenters. The topological polar surface area (TPSA) is 71.7 Å². The molecule has 0 saturated carbocycles. The third-order valence-electron chi connectivity index (χ3n) is 12.0. The van der Waals surface area contributed by atoms with Gasteiger partial charge in [-0.3, -0.25) is 0 Å². The predicted molar refractivity (Wildman–Crippen MR) is 257 cm³/mol. The maximum atomic E-state index is 7.01. The quantitative estimate of drug-likeness (QED) is 0.112. The molecule has 11 rings (SSSR count). The SMILES string of the molecule is Cc1ccc(-c2nc(-c3ccc(C)cc3)nc(-c3cc4c5ccccc5n(-c5ccccn5)c4[c-]c3Oc3[c-]c([N+]4=C=[N+](c5cc(C)c(C)c(C)c5)c5ccccc54)ccc3)n2)cc1.[Pt+2]. The molecule has 1 aliphatic heterocycles. The molecule has 0 radical (unpaired) electrons. The second-order valence-electron chi connectivity index (χ2n) is 16.3. The van der Waals surface area contributed by atoms with Crippen molar-refractivity contribution in [1.82, 2.24) is 33.7 Å². The molecule has 0 aliphatic carbocycles. The van der Waals surface area contributed by atoms with Crippen LogP contribution in [0.1, 0.15) is 27.8 Å². The number of benzene rings is 7. The molecule has 0 bridgehead atoms. The summed E-state index contributed by atoms with van der Waals surface area (Å²) in [5.41, 5.74) is 14.1. The number of para-hydroxylation sites is 3. The van der Waals surface area contributed by atoms with Crippen molar-refractivity contribution in [3.63, 3.8) is 0 Å². The fourth-order valence-corrected chi connectivity index (χ4v) is 8.36. The van der Waals surface area contributed by atoms with Crippen LogP contribution in [0.2, 0.25) is 0 Å². The van der Waals surface area contributed by atoms with Gasteiger partial charge in [0.15, 0.2) is 11.6 Å². The average Bonchev–Trinajstić information content (AvgIpc) is 3.87. The van der Waals surface area contributed by atoms with Crippen LogP contribution in [0, 0.1) is 46.8 Å². The Morgan fingerprint density at radius 3 is 1.85 bits per heavy atom. The van der Waals surface area contributed by atoms with Gasteiger partial charge in [-0.25, -0.2) is 19.9 Å². The fraction of sp³-hybridized carbons (Fsp3) is 0.0893. The van der Waals surface area contributed by atoms with Crippen molar-refractivity contribution in [2.24, 2.45) is 0 Å². The van der Waals surface area contributed by atoms with Crippen molar-refractivity contribution in [2.75, 3.05) is 0 Å². The van der Waals surface area contributed by atoms with E-state index in [1.165, 1.54) is 16.7 Å². The first-order valence-corrected chi connectivity index (χ1v) is 21.3. The summed E-state index contributed by atoms with van der Waals surface area (Å²) < 4.78 is 13.3. The van der Waals surface area contributed by atoms with Crippen LogP contribution in [-0.4, -0.2) is 30.5 Å². The molecule has 3 aromatic heterocycles. The molecule has 0 N–H and O–H groups in total. The van der Waals surface area contributed by atoms with Crippen LogP contribution in [0.3, 0.4) is 0 Å². The summed E-state index contributed by atoms with van der Waals surface area (Å²) in [6, 6.07) is 62.5. The molecule has 314 valence electrons. The van der Waals surface area contributed by atoms with E-state index in [1.807, 2.05) is 77.4 Å². The summed E-state index contributed by atoms with van der Waals surface area (Å²) in [5.74, 6) is 3.24. The number of nitrogens with zero attached hydrogens (tertiary/aromatic N) is 7. The molecule has 65 heavy (non-hydrogen) atoms. The van der Waals surface area contributed by atoms with Crippen LogP contribution >= 0.6 is 0 Å². The van der Waals surface area contributed by atoms with Crippen molar-refractivity contribution in [1.29, 1.82) is 0 Å². The summed E-state index contributed by atoms with van der Waals surface area (Å²) in [6.07, 6.45) is 1.80. The average molecular weight is 1020 g/mol. The smallest absolute Gasteiger partial charge is 0.508 e. The van der Waals surface area contributed by atoms with Crippen LogP contribution in [0.25, 0.3) is 61.8 Å². The third-order valence-corrected chi connectivity index (χ3v) is 12.0. The van der Waals surface area contributed by atoms with Crippen molar-refractivity contribution < 1.29 is 25.8 Å². The number of aryl methyl sites for hydroxylation is 4. The van der Waals surface area contributed by atoms with E-state index < -0.39 is 0 Å².